The molecule has 0 unspecified atom stereocenters. The number of ether oxygens (including phenoxy) is 1. The van der Waals surface area contributed by atoms with E-state index in [-0.39, 0.29) is 12.3 Å². The van der Waals surface area contributed by atoms with Crippen molar-refractivity contribution in [3.05, 3.63) is 58.6 Å². The quantitative estimate of drug-likeness (QED) is 0.675. The van der Waals surface area contributed by atoms with Gasteiger partial charge in [0.25, 0.3) is 5.69 Å². The summed E-state index contributed by atoms with van der Waals surface area (Å²) in [6.45, 7) is 3.53. The number of rotatable bonds is 5. The van der Waals surface area contributed by atoms with Gasteiger partial charge < -0.3 is 9.84 Å². The van der Waals surface area contributed by atoms with Crippen LogP contribution in [0.1, 0.15) is 13.8 Å². The molecule has 5 heteroatoms. The number of aliphatic hydroxyl groups is 1. The summed E-state index contributed by atoms with van der Waals surface area (Å²) in [4.78, 5) is 10.2. The van der Waals surface area contributed by atoms with E-state index in [0.717, 1.165) is 11.1 Å². The van der Waals surface area contributed by atoms with Crippen molar-refractivity contribution in [2.24, 2.45) is 0 Å². The number of aliphatic hydroxyl groups excluding tert-OH is 1. The third-order valence-electron chi connectivity index (χ3n) is 3.04. The Morgan fingerprint density at radius 2 is 1.52 bits per heavy atom. The van der Waals surface area contributed by atoms with Crippen LogP contribution < -0.4 is 4.74 Å². The van der Waals surface area contributed by atoms with E-state index in [1.165, 1.54) is 12.1 Å². The van der Waals surface area contributed by atoms with Gasteiger partial charge in [-0.2, -0.15) is 0 Å². The number of nitro groups is 1. The SMILES string of the molecule is CC(C)(CO)Oc1ccc(-c2ccc([N+](=O)[O-])cc2)cc1. The van der Waals surface area contributed by atoms with E-state index < -0.39 is 10.5 Å². The minimum atomic E-state index is -0.630. The van der Waals surface area contributed by atoms with Crippen LogP contribution in [0.25, 0.3) is 11.1 Å². The zero-order chi connectivity index (χ0) is 15.5. The normalized spacial score (nSPS) is 11.2. The first-order valence-corrected chi connectivity index (χ1v) is 6.56. The summed E-state index contributed by atoms with van der Waals surface area (Å²) < 4.78 is 5.65. The van der Waals surface area contributed by atoms with Crippen molar-refractivity contribution in [1.29, 1.82) is 0 Å². The Hall–Kier alpha value is -2.40. The summed E-state index contributed by atoms with van der Waals surface area (Å²) in [5.41, 5.74) is 1.28. The molecule has 2 rings (SSSR count). The summed E-state index contributed by atoms with van der Waals surface area (Å²) in [5.74, 6) is 0.666. The minimum Gasteiger partial charge on any atom is -0.485 e. The maximum Gasteiger partial charge on any atom is 0.269 e. The molecule has 0 heterocycles. The molecule has 5 nitrogen and oxygen atoms in total. The molecular formula is C16H17NO4. The Labute approximate surface area is 123 Å². The highest BCUT2D eigenvalue weighted by Crippen LogP contribution is 2.26. The second-order valence-corrected chi connectivity index (χ2v) is 5.35. The monoisotopic (exact) mass is 287 g/mol. The van der Waals surface area contributed by atoms with Crippen LogP contribution in [-0.4, -0.2) is 22.2 Å². The lowest BCUT2D eigenvalue weighted by atomic mass is 10.1. The van der Waals surface area contributed by atoms with Crippen molar-refractivity contribution in [2.45, 2.75) is 19.4 Å². The average Bonchev–Trinajstić information content (AvgIpc) is 2.48. The Morgan fingerprint density at radius 3 is 1.95 bits per heavy atom. The fraction of sp³-hybridized carbons (Fsp3) is 0.250. The highest BCUT2D eigenvalue weighted by atomic mass is 16.6. The van der Waals surface area contributed by atoms with Gasteiger partial charge in [0.1, 0.15) is 11.4 Å². The molecular weight excluding hydrogens is 270 g/mol. The van der Waals surface area contributed by atoms with E-state index >= 15 is 0 Å². The second kappa shape index (κ2) is 5.93. The minimum absolute atomic E-state index is 0.0723. The first-order valence-electron chi connectivity index (χ1n) is 6.56. The van der Waals surface area contributed by atoms with Crippen molar-refractivity contribution in [3.8, 4) is 16.9 Å². The summed E-state index contributed by atoms with van der Waals surface area (Å²) in [5, 5.41) is 19.8. The van der Waals surface area contributed by atoms with Crippen molar-refractivity contribution in [2.75, 3.05) is 6.61 Å². The van der Waals surface area contributed by atoms with Crippen LogP contribution >= 0.6 is 0 Å². The lowest BCUT2D eigenvalue weighted by Crippen LogP contribution is -2.32. The zero-order valence-corrected chi connectivity index (χ0v) is 11.9. The smallest absolute Gasteiger partial charge is 0.269 e. The molecule has 0 aliphatic carbocycles. The van der Waals surface area contributed by atoms with Gasteiger partial charge in [-0.1, -0.05) is 12.1 Å². The van der Waals surface area contributed by atoms with Crippen molar-refractivity contribution < 1.29 is 14.8 Å². The van der Waals surface area contributed by atoms with Gasteiger partial charge in [-0.25, -0.2) is 0 Å². The fourth-order valence-electron chi connectivity index (χ4n) is 1.84. The van der Waals surface area contributed by atoms with Gasteiger partial charge in [0, 0.05) is 12.1 Å². The molecule has 0 amide bonds. The average molecular weight is 287 g/mol. The van der Waals surface area contributed by atoms with Crippen LogP contribution in [0.15, 0.2) is 48.5 Å². The maximum absolute atomic E-state index is 10.6. The van der Waals surface area contributed by atoms with Gasteiger partial charge in [0.2, 0.25) is 0 Å². The van der Waals surface area contributed by atoms with Crippen LogP contribution in [0.2, 0.25) is 0 Å². The Balaban J connectivity index is 2.17. The van der Waals surface area contributed by atoms with Gasteiger partial charge in [-0.15, -0.1) is 0 Å². The molecule has 0 aliphatic rings. The molecule has 110 valence electrons. The van der Waals surface area contributed by atoms with E-state index in [0.29, 0.717) is 5.75 Å². The van der Waals surface area contributed by atoms with Crippen molar-refractivity contribution >= 4 is 5.69 Å². The molecule has 1 N–H and O–H groups in total. The van der Waals surface area contributed by atoms with Crippen LogP contribution in [-0.2, 0) is 0 Å². The number of benzene rings is 2. The zero-order valence-electron chi connectivity index (χ0n) is 11.9. The maximum atomic E-state index is 10.6. The predicted molar refractivity (Wildman–Crippen MR) is 80.3 cm³/mol. The molecule has 21 heavy (non-hydrogen) atoms. The van der Waals surface area contributed by atoms with Crippen molar-refractivity contribution in [1.82, 2.24) is 0 Å². The highest BCUT2D eigenvalue weighted by molar-refractivity contribution is 5.65. The molecule has 0 aliphatic heterocycles. The van der Waals surface area contributed by atoms with Crippen LogP contribution in [0.5, 0.6) is 5.75 Å². The Morgan fingerprint density at radius 1 is 1.05 bits per heavy atom. The molecule has 0 atom stereocenters. The molecule has 0 bridgehead atoms. The van der Waals surface area contributed by atoms with Crippen LogP contribution in [0.3, 0.4) is 0 Å². The van der Waals surface area contributed by atoms with E-state index in [1.807, 2.05) is 24.3 Å². The van der Waals surface area contributed by atoms with Crippen LogP contribution in [0.4, 0.5) is 5.69 Å². The molecule has 0 saturated carbocycles. The van der Waals surface area contributed by atoms with Crippen LogP contribution in [0, 0.1) is 10.1 Å². The second-order valence-electron chi connectivity index (χ2n) is 5.35. The number of hydrogen-bond acceptors (Lipinski definition) is 4. The van der Waals surface area contributed by atoms with E-state index in [2.05, 4.69) is 0 Å². The number of nitro benzene ring substituents is 1. The fourth-order valence-corrected chi connectivity index (χ4v) is 1.84. The predicted octanol–water partition coefficient (Wildman–Crippen LogP) is 3.41. The number of non-ortho nitro benzene ring substituents is 1. The first-order chi connectivity index (χ1) is 9.91. The van der Waals surface area contributed by atoms with E-state index in [4.69, 9.17) is 4.74 Å². The highest BCUT2D eigenvalue weighted by Gasteiger charge is 2.18. The van der Waals surface area contributed by atoms with Gasteiger partial charge in [-0.05, 0) is 49.2 Å². The summed E-state index contributed by atoms with van der Waals surface area (Å²) in [6.07, 6.45) is 0. The topological polar surface area (TPSA) is 72.6 Å². The summed E-state index contributed by atoms with van der Waals surface area (Å²) in [7, 11) is 0. The van der Waals surface area contributed by atoms with E-state index in [9.17, 15) is 15.2 Å². The Bertz CT molecular complexity index is 618. The standard InChI is InChI=1S/C16H17NO4/c1-16(2,11-18)21-15-9-5-13(6-10-15)12-3-7-14(8-4-12)17(19)20/h3-10,18H,11H2,1-2H3. The summed E-state index contributed by atoms with van der Waals surface area (Å²) in [6, 6.07) is 13.8. The molecule has 0 aromatic heterocycles. The van der Waals surface area contributed by atoms with Gasteiger partial charge in [0.15, 0.2) is 0 Å². The summed E-state index contributed by atoms with van der Waals surface area (Å²) >= 11 is 0. The molecule has 0 spiro atoms. The van der Waals surface area contributed by atoms with Gasteiger partial charge >= 0.3 is 0 Å². The number of nitrogens with zero attached hydrogens (tertiary/aromatic N) is 1. The largest absolute Gasteiger partial charge is 0.485 e. The molecule has 2 aromatic rings. The molecule has 0 saturated heterocycles. The van der Waals surface area contributed by atoms with E-state index in [1.54, 1.807) is 26.0 Å². The van der Waals surface area contributed by atoms with Gasteiger partial charge in [-0.3, -0.25) is 10.1 Å². The number of hydrogen-bond donors (Lipinski definition) is 1. The third kappa shape index (κ3) is 3.79. The molecule has 2 aromatic carbocycles. The lowest BCUT2D eigenvalue weighted by molar-refractivity contribution is -0.384. The molecule has 0 fully saturated rings. The van der Waals surface area contributed by atoms with Gasteiger partial charge in [0.05, 0.1) is 11.5 Å². The first kappa shape index (κ1) is 15.0. The Kier molecular flexibility index (Phi) is 4.23. The molecule has 0 radical (unpaired) electrons. The lowest BCUT2D eigenvalue weighted by Gasteiger charge is -2.23. The van der Waals surface area contributed by atoms with Crippen molar-refractivity contribution in [3.63, 3.8) is 0 Å². The third-order valence-corrected chi connectivity index (χ3v) is 3.04.